The summed E-state index contributed by atoms with van der Waals surface area (Å²) in [6, 6.07) is 18.4. The second-order valence-corrected chi connectivity index (χ2v) is 7.97. The van der Waals surface area contributed by atoms with Crippen LogP contribution in [0.3, 0.4) is 0 Å². The maximum absolute atomic E-state index is 13.0. The van der Waals surface area contributed by atoms with Gasteiger partial charge >= 0.3 is 0 Å². The zero-order valence-electron chi connectivity index (χ0n) is 15.6. The molecule has 140 valence electrons. The topological polar surface area (TPSA) is 51.0 Å². The maximum Gasteiger partial charge on any atom is 0.273 e. The van der Waals surface area contributed by atoms with Gasteiger partial charge in [-0.3, -0.25) is 4.79 Å². The fourth-order valence-corrected chi connectivity index (χ4v) is 4.81. The molecule has 1 aliphatic rings. The number of carbonyl (C=O) groups excluding carboxylic acids is 1. The number of rotatable bonds is 3. The summed E-state index contributed by atoms with van der Waals surface area (Å²) in [5, 5.41) is 2.76. The minimum absolute atomic E-state index is 0.0167. The molecule has 0 N–H and O–H groups in total. The number of thiazole rings is 1. The fourth-order valence-electron chi connectivity index (χ4n) is 4.01. The van der Waals surface area contributed by atoms with Gasteiger partial charge in [-0.15, -0.1) is 11.3 Å². The van der Waals surface area contributed by atoms with E-state index in [1.54, 1.807) is 0 Å². The predicted molar refractivity (Wildman–Crippen MR) is 112 cm³/mol. The second-order valence-electron chi connectivity index (χ2n) is 7.12. The first-order valence-corrected chi connectivity index (χ1v) is 10.3. The van der Waals surface area contributed by atoms with Crippen molar-refractivity contribution in [2.45, 2.75) is 19.4 Å². The molecule has 1 atom stereocenters. The van der Waals surface area contributed by atoms with E-state index in [2.05, 4.69) is 20.6 Å². The highest BCUT2D eigenvalue weighted by Gasteiger charge is 2.30. The molecule has 0 spiro atoms. The molecule has 5 nitrogen and oxygen atoms in total. The number of benzene rings is 2. The smallest absolute Gasteiger partial charge is 0.273 e. The molecule has 5 rings (SSSR count). The number of para-hydroxylation sites is 2. The van der Waals surface area contributed by atoms with E-state index in [0.717, 1.165) is 40.4 Å². The van der Waals surface area contributed by atoms with Gasteiger partial charge < -0.3 is 9.47 Å². The molecule has 2 aromatic carbocycles. The van der Waals surface area contributed by atoms with Crippen LogP contribution in [0.1, 0.15) is 28.8 Å². The molecule has 1 amide bonds. The number of imidazole rings is 1. The van der Waals surface area contributed by atoms with Gasteiger partial charge in [0.25, 0.3) is 5.91 Å². The number of aromatic nitrogens is 3. The van der Waals surface area contributed by atoms with Crippen molar-refractivity contribution in [3.63, 3.8) is 0 Å². The largest absolute Gasteiger partial charge is 0.335 e. The quantitative estimate of drug-likeness (QED) is 0.517. The van der Waals surface area contributed by atoms with Gasteiger partial charge in [0, 0.05) is 24.0 Å². The lowest BCUT2D eigenvalue weighted by atomic mass is 10.2. The van der Waals surface area contributed by atoms with Gasteiger partial charge in [0.05, 0.1) is 17.1 Å². The third kappa shape index (κ3) is 2.90. The molecule has 0 aliphatic carbocycles. The van der Waals surface area contributed by atoms with E-state index in [0.29, 0.717) is 12.2 Å². The highest BCUT2D eigenvalue weighted by Crippen LogP contribution is 2.30. The van der Waals surface area contributed by atoms with Crippen molar-refractivity contribution in [2.75, 3.05) is 13.1 Å². The number of likely N-dealkylation sites (tertiary alicyclic amines) is 1. The van der Waals surface area contributed by atoms with E-state index in [9.17, 15) is 4.79 Å². The van der Waals surface area contributed by atoms with Crippen LogP contribution >= 0.6 is 11.3 Å². The first kappa shape index (κ1) is 17.1. The molecule has 0 bridgehead atoms. The zero-order valence-corrected chi connectivity index (χ0v) is 16.4. The molecule has 28 heavy (non-hydrogen) atoms. The first-order chi connectivity index (χ1) is 13.7. The Kier molecular flexibility index (Phi) is 4.20. The van der Waals surface area contributed by atoms with E-state index in [1.807, 2.05) is 65.7 Å². The number of aryl methyl sites for hydroxylation is 1. The number of nitrogens with zero attached hydrogens (tertiary/aromatic N) is 4. The minimum Gasteiger partial charge on any atom is -0.335 e. The third-order valence-electron chi connectivity index (χ3n) is 5.33. The monoisotopic (exact) mass is 388 g/mol. The van der Waals surface area contributed by atoms with Crippen molar-refractivity contribution in [2.24, 2.45) is 0 Å². The van der Waals surface area contributed by atoms with Crippen LogP contribution in [0.2, 0.25) is 0 Å². The lowest BCUT2D eigenvalue weighted by Gasteiger charge is -2.17. The third-order valence-corrected chi connectivity index (χ3v) is 6.22. The van der Waals surface area contributed by atoms with Gasteiger partial charge in [-0.05, 0) is 25.5 Å². The lowest BCUT2D eigenvalue weighted by Crippen LogP contribution is -2.29. The highest BCUT2D eigenvalue weighted by molar-refractivity contribution is 7.13. The van der Waals surface area contributed by atoms with Crippen LogP contribution in [0.25, 0.3) is 21.6 Å². The molecule has 6 heteroatoms. The van der Waals surface area contributed by atoms with E-state index in [1.165, 1.54) is 11.3 Å². The number of fused-ring (bicyclic) bond motifs is 1. The Bertz CT molecular complexity index is 1150. The van der Waals surface area contributed by atoms with Gasteiger partial charge in [0.2, 0.25) is 0 Å². The molecule has 1 saturated heterocycles. The average molecular weight is 388 g/mol. The molecular weight excluding hydrogens is 368 g/mol. The van der Waals surface area contributed by atoms with Crippen LogP contribution in [0.4, 0.5) is 0 Å². The van der Waals surface area contributed by atoms with Crippen LogP contribution in [0.15, 0.2) is 60.0 Å². The van der Waals surface area contributed by atoms with Gasteiger partial charge in [-0.1, -0.05) is 42.5 Å². The van der Waals surface area contributed by atoms with Crippen LogP contribution < -0.4 is 0 Å². The van der Waals surface area contributed by atoms with Crippen molar-refractivity contribution in [1.82, 2.24) is 19.4 Å². The predicted octanol–water partition coefficient (Wildman–Crippen LogP) is 4.56. The van der Waals surface area contributed by atoms with E-state index >= 15 is 0 Å². The summed E-state index contributed by atoms with van der Waals surface area (Å²) in [5.41, 5.74) is 3.74. The molecule has 0 saturated carbocycles. The summed E-state index contributed by atoms with van der Waals surface area (Å²) >= 11 is 1.52. The summed E-state index contributed by atoms with van der Waals surface area (Å²) in [6.45, 7) is 3.48. The normalized spacial score (nSPS) is 16.8. The van der Waals surface area contributed by atoms with Crippen molar-refractivity contribution in [3.05, 3.63) is 71.5 Å². The van der Waals surface area contributed by atoms with Gasteiger partial charge in [0.15, 0.2) is 0 Å². The number of hydrogen-bond acceptors (Lipinski definition) is 4. The molecule has 0 radical (unpaired) electrons. The van der Waals surface area contributed by atoms with Crippen LogP contribution in [0.5, 0.6) is 0 Å². The molecule has 2 aromatic heterocycles. The number of carbonyl (C=O) groups is 1. The van der Waals surface area contributed by atoms with E-state index in [4.69, 9.17) is 0 Å². The second kappa shape index (κ2) is 6.87. The maximum atomic E-state index is 13.0. The molecule has 4 aromatic rings. The Labute approximate surface area is 167 Å². The van der Waals surface area contributed by atoms with Crippen LogP contribution in [-0.2, 0) is 0 Å². The van der Waals surface area contributed by atoms with Crippen molar-refractivity contribution < 1.29 is 4.79 Å². The van der Waals surface area contributed by atoms with Crippen LogP contribution in [0, 0.1) is 6.92 Å². The van der Waals surface area contributed by atoms with Gasteiger partial charge in [-0.2, -0.15) is 0 Å². The Morgan fingerprint density at radius 2 is 1.86 bits per heavy atom. The van der Waals surface area contributed by atoms with Crippen molar-refractivity contribution in [1.29, 1.82) is 0 Å². The lowest BCUT2D eigenvalue weighted by molar-refractivity contribution is 0.0783. The Balaban J connectivity index is 1.37. The van der Waals surface area contributed by atoms with Gasteiger partial charge in [-0.25, -0.2) is 9.97 Å². The molecule has 0 unspecified atom stereocenters. The average Bonchev–Trinajstić information content (AvgIpc) is 3.45. The highest BCUT2D eigenvalue weighted by atomic mass is 32.1. The summed E-state index contributed by atoms with van der Waals surface area (Å²) in [7, 11) is 0. The van der Waals surface area contributed by atoms with Crippen molar-refractivity contribution in [3.8, 4) is 10.6 Å². The number of amides is 1. The standard InChI is InChI=1S/C22H20N4OS/c1-15-23-18-9-5-6-10-20(18)26(15)17-11-12-25(13-17)22(27)19-14-28-21(24-19)16-7-3-2-4-8-16/h2-10,14,17H,11-13H2,1H3/t17-/m0/s1. The minimum atomic E-state index is 0.0167. The summed E-state index contributed by atoms with van der Waals surface area (Å²) in [4.78, 5) is 24.2. The van der Waals surface area contributed by atoms with E-state index < -0.39 is 0 Å². The summed E-state index contributed by atoms with van der Waals surface area (Å²) in [5.74, 6) is 1.02. The molecule has 3 heterocycles. The zero-order chi connectivity index (χ0) is 19.1. The summed E-state index contributed by atoms with van der Waals surface area (Å²) in [6.07, 6.45) is 0.933. The Morgan fingerprint density at radius 3 is 2.71 bits per heavy atom. The Hall–Kier alpha value is -2.99. The first-order valence-electron chi connectivity index (χ1n) is 9.44. The molecule has 1 aliphatic heterocycles. The number of hydrogen-bond donors (Lipinski definition) is 0. The SMILES string of the molecule is Cc1nc2ccccc2n1[C@H]1CCN(C(=O)c2csc(-c3ccccc3)n2)C1. The fraction of sp³-hybridized carbons (Fsp3) is 0.227. The molecular formula is C22H20N4OS. The Morgan fingerprint density at radius 1 is 1.07 bits per heavy atom. The van der Waals surface area contributed by atoms with Crippen LogP contribution in [-0.4, -0.2) is 38.4 Å². The van der Waals surface area contributed by atoms with Crippen molar-refractivity contribution >= 4 is 28.3 Å². The summed E-state index contributed by atoms with van der Waals surface area (Å²) < 4.78 is 2.28. The molecule has 1 fully saturated rings. The van der Waals surface area contributed by atoms with Gasteiger partial charge in [0.1, 0.15) is 16.5 Å². The van der Waals surface area contributed by atoms with E-state index in [-0.39, 0.29) is 11.9 Å².